The van der Waals surface area contributed by atoms with Gasteiger partial charge in [0.05, 0.1) is 36.0 Å². The number of carbonyl (C=O) groups excluding carboxylic acids is 1. The summed E-state index contributed by atoms with van der Waals surface area (Å²) in [6.07, 6.45) is 3.39. The van der Waals surface area contributed by atoms with Crippen molar-refractivity contribution in [1.29, 1.82) is 0 Å². The second-order valence-electron chi connectivity index (χ2n) is 6.42. The first-order valence-corrected chi connectivity index (χ1v) is 9.43. The van der Waals surface area contributed by atoms with Crippen LogP contribution < -0.4 is 10.1 Å². The van der Waals surface area contributed by atoms with Gasteiger partial charge in [-0.15, -0.1) is 0 Å². The molecule has 146 valence electrons. The Labute approximate surface area is 168 Å². The van der Waals surface area contributed by atoms with E-state index >= 15 is 0 Å². The van der Waals surface area contributed by atoms with Crippen LogP contribution >= 0.6 is 0 Å². The summed E-state index contributed by atoms with van der Waals surface area (Å²) in [6, 6.07) is 18.9. The molecule has 0 spiro atoms. The van der Waals surface area contributed by atoms with E-state index in [9.17, 15) is 4.79 Å². The van der Waals surface area contributed by atoms with E-state index < -0.39 is 0 Å². The van der Waals surface area contributed by atoms with Crippen molar-refractivity contribution >= 4 is 28.6 Å². The normalized spacial score (nSPS) is 11.6. The minimum absolute atomic E-state index is 0.241. The number of H-pyrrole nitrogens is 1. The molecule has 29 heavy (non-hydrogen) atoms. The van der Waals surface area contributed by atoms with Gasteiger partial charge in [-0.1, -0.05) is 24.3 Å². The van der Waals surface area contributed by atoms with Gasteiger partial charge in [0.1, 0.15) is 17.3 Å². The molecule has 0 fully saturated rings. The van der Waals surface area contributed by atoms with Crippen LogP contribution in [0.1, 0.15) is 24.1 Å². The molecule has 6 nitrogen and oxygen atoms in total. The lowest BCUT2D eigenvalue weighted by atomic mass is 10.1. The SMILES string of the molecule is CCOc1ccc(/C=C(/C(=O)NCc2ccco2)c2nc3ccccc3[nH]2)cc1. The number of carbonyl (C=O) groups is 1. The quantitative estimate of drug-likeness (QED) is 0.460. The molecule has 0 unspecified atom stereocenters. The topological polar surface area (TPSA) is 80.2 Å². The number of ether oxygens (including phenoxy) is 1. The molecule has 4 aromatic rings. The summed E-state index contributed by atoms with van der Waals surface area (Å²) < 4.78 is 10.8. The van der Waals surface area contributed by atoms with E-state index in [0.29, 0.717) is 30.3 Å². The number of aromatic amines is 1. The number of benzene rings is 2. The van der Waals surface area contributed by atoms with E-state index in [-0.39, 0.29) is 5.91 Å². The molecular formula is C23H21N3O3. The Kier molecular flexibility index (Phi) is 5.42. The molecule has 6 heteroatoms. The van der Waals surface area contributed by atoms with Gasteiger partial charge in [-0.25, -0.2) is 4.98 Å². The van der Waals surface area contributed by atoms with Gasteiger partial charge in [-0.2, -0.15) is 0 Å². The summed E-state index contributed by atoms with van der Waals surface area (Å²) in [5, 5.41) is 2.89. The maximum atomic E-state index is 13.0. The molecule has 0 saturated carbocycles. The fourth-order valence-corrected chi connectivity index (χ4v) is 2.99. The highest BCUT2D eigenvalue weighted by molar-refractivity contribution is 6.23. The Morgan fingerprint density at radius 1 is 1.14 bits per heavy atom. The number of aromatic nitrogens is 2. The smallest absolute Gasteiger partial charge is 0.255 e. The lowest BCUT2D eigenvalue weighted by Crippen LogP contribution is -2.24. The van der Waals surface area contributed by atoms with E-state index in [4.69, 9.17) is 9.15 Å². The van der Waals surface area contributed by atoms with E-state index in [1.165, 1.54) is 0 Å². The average molecular weight is 387 g/mol. The first kappa shape index (κ1) is 18.6. The number of para-hydroxylation sites is 2. The predicted octanol–water partition coefficient (Wildman–Crippen LogP) is 4.41. The Bertz CT molecular complexity index is 1090. The summed E-state index contributed by atoms with van der Waals surface area (Å²) in [5.74, 6) is 1.74. The standard InChI is InChI=1S/C23H21N3O3/c1-2-28-17-11-9-16(10-12-17)14-19(23(27)24-15-18-6-5-13-29-18)22-25-20-7-3-4-8-21(20)26-22/h3-14H,2,15H2,1H3,(H,24,27)(H,25,26)/b19-14+. The third kappa shape index (κ3) is 4.38. The first-order chi connectivity index (χ1) is 14.2. The van der Waals surface area contributed by atoms with E-state index in [2.05, 4.69) is 15.3 Å². The van der Waals surface area contributed by atoms with Gasteiger partial charge in [0, 0.05) is 0 Å². The lowest BCUT2D eigenvalue weighted by molar-refractivity contribution is -0.115. The van der Waals surface area contributed by atoms with Crippen molar-refractivity contribution in [3.8, 4) is 5.75 Å². The fourth-order valence-electron chi connectivity index (χ4n) is 2.99. The molecule has 0 bridgehead atoms. The largest absolute Gasteiger partial charge is 0.494 e. The first-order valence-electron chi connectivity index (χ1n) is 9.43. The molecular weight excluding hydrogens is 366 g/mol. The molecule has 0 saturated heterocycles. The molecule has 0 radical (unpaired) electrons. The van der Waals surface area contributed by atoms with Crippen molar-refractivity contribution in [3.63, 3.8) is 0 Å². The van der Waals surface area contributed by atoms with Crippen LogP contribution in [-0.4, -0.2) is 22.5 Å². The van der Waals surface area contributed by atoms with Gasteiger partial charge in [0.15, 0.2) is 0 Å². The minimum Gasteiger partial charge on any atom is -0.494 e. The van der Waals surface area contributed by atoms with Crippen molar-refractivity contribution in [2.45, 2.75) is 13.5 Å². The van der Waals surface area contributed by atoms with Crippen molar-refractivity contribution < 1.29 is 13.9 Å². The van der Waals surface area contributed by atoms with Gasteiger partial charge >= 0.3 is 0 Å². The molecule has 1 amide bonds. The molecule has 0 aliphatic heterocycles. The average Bonchev–Trinajstić information content (AvgIpc) is 3.41. The van der Waals surface area contributed by atoms with Crippen LogP contribution in [0, 0.1) is 0 Å². The monoisotopic (exact) mass is 387 g/mol. The number of amides is 1. The number of hydrogen-bond donors (Lipinski definition) is 2. The van der Waals surface area contributed by atoms with Crippen LogP contribution in [0.3, 0.4) is 0 Å². The van der Waals surface area contributed by atoms with E-state index in [1.807, 2.05) is 67.6 Å². The molecule has 0 aliphatic rings. The Balaban J connectivity index is 1.66. The third-order valence-corrected chi connectivity index (χ3v) is 4.39. The van der Waals surface area contributed by atoms with Crippen LogP contribution in [0.4, 0.5) is 0 Å². The molecule has 0 aliphatic carbocycles. The Hall–Kier alpha value is -3.80. The third-order valence-electron chi connectivity index (χ3n) is 4.39. The zero-order chi connectivity index (χ0) is 20.1. The molecule has 2 aromatic heterocycles. The highest BCUT2D eigenvalue weighted by Gasteiger charge is 2.16. The van der Waals surface area contributed by atoms with Crippen LogP contribution in [0.2, 0.25) is 0 Å². The highest BCUT2D eigenvalue weighted by Crippen LogP contribution is 2.21. The Morgan fingerprint density at radius 2 is 1.97 bits per heavy atom. The number of hydrogen-bond acceptors (Lipinski definition) is 4. The van der Waals surface area contributed by atoms with Gasteiger partial charge in [-0.05, 0) is 55.0 Å². The summed E-state index contributed by atoms with van der Waals surface area (Å²) >= 11 is 0. The van der Waals surface area contributed by atoms with Crippen molar-refractivity contribution in [2.24, 2.45) is 0 Å². The maximum Gasteiger partial charge on any atom is 0.255 e. The van der Waals surface area contributed by atoms with Crippen LogP contribution in [0.25, 0.3) is 22.7 Å². The summed E-state index contributed by atoms with van der Waals surface area (Å²) in [4.78, 5) is 20.8. The number of imidazole rings is 1. The predicted molar refractivity (Wildman–Crippen MR) is 112 cm³/mol. The second-order valence-corrected chi connectivity index (χ2v) is 6.42. The molecule has 2 N–H and O–H groups in total. The maximum absolute atomic E-state index is 13.0. The summed E-state index contributed by atoms with van der Waals surface area (Å²) in [6.45, 7) is 2.85. The summed E-state index contributed by atoms with van der Waals surface area (Å²) in [5.41, 5.74) is 2.99. The number of fused-ring (bicyclic) bond motifs is 1. The van der Waals surface area contributed by atoms with E-state index in [0.717, 1.165) is 22.3 Å². The van der Waals surface area contributed by atoms with Gasteiger partial charge in [-0.3, -0.25) is 4.79 Å². The zero-order valence-electron chi connectivity index (χ0n) is 16.0. The van der Waals surface area contributed by atoms with Gasteiger partial charge in [0.25, 0.3) is 5.91 Å². The second kappa shape index (κ2) is 8.48. The zero-order valence-corrected chi connectivity index (χ0v) is 16.0. The highest BCUT2D eigenvalue weighted by atomic mass is 16.5. The van der Waals surface area contributed by atoms with E-state index in [1.54, 1.807) is 12.3 Å². The number of nitrogens with one attached hydrogen (secondary N) is 2. The molecule has 2 aromatic carbocycles. The van der Waals surface area contributed by atoms with Crippen LogP contribution in [0.15, 0.2) is 71.3 Å². The van der Waals surface area contributed by atoms with Crippen LogP contribution in [0.5, 0.6) is 5.75 Å². The Morgan fingerprint density at radius 3 is 2.69 bits per heavy atom. The molecule has 2 heterocycles. The van der Waals surface area contributed by atoms with Gasteiger partial charge in [0.2, 0.25) is 0 Å². The molecule has 0 atom stereocenters. The fraction of sp³-hybridized carbons (Fsp3) is 0.130. The number of rotatable bonds is 7. The van der Waals surface area contributed by atoms with Crippen molar-refractivity contribution in [1.82, 2.24) is 15.3 Å². The summed E-state index contributed by atoms with van der Waals surface area (Å²) in [7, 11) is 0. The lowest BCUT2D eigenvalue weighted by Gasteiger charge is -2.07. The van der Waals surface area contributed by atoms with Crippen LogP contribution in [-0.2, 0) is 11.3 Å². The van der Waals surface area contributed by atoms with Gasteiger partial charge < -0.3 is 19.5 Å². The minimum atomic E-state index is -0.241. The van der Waals surface area contributed by atoms with Crippen molar-refractivity contribution in [3.05, 3.63) is 84.1 Å². The van der Waals surface area contributed by atoms with Crippen molar-refractivity contribution in [2.75, 3.05) is 6.61 Å². The number of nitrogens with zero attached hydrogens (tertiary/aromatic N) is 1. The number of furan rings is 1. The molecule has 4 rings (SSSR count).